The first-order valence-electron chi connectivity index (χ1n) is 15.2. The maximum absolute atomic E-state index is 3.55. The van der Waals surface area contributed by atoms with Crippen molar-refractivity contribution in [2.24, 2.45) is 0 Å². The van der Waals surface area contributed by atoms with Crippen LogP contribution >= 0.6 is 0 Å². The first-order valence-corrected chi connectivity index (χ1v) is 15.2. The average Bonchev–Trinajstić information content (AvgIpc) is 2.81. The monoisotopic (exact) mass is 455 g/mol. The molecule has 0 atom stereocenters. The number of hydrogen-bond acceptors (Lipinski definition) is 2. The lowest BCUT2D eigenvalue weighted by molar-refractivity contribution is 0.547. The molecule has 0 heterocycles. The van der Waals surface area contributed by atoms with Gasteiger partial charge < -0.3 is 10.6 Å². The third-order valence-corrected chi connectivity index (χ3v) is 6.33. The van der Waals surface area contributed by atoms with E-state index < -0.39 is 0 Å². The van der Waals surface area contributed by atoms with Gasteiger partial charge in [0.15, 0.2) is 0 Å². The summed E-state index contributed by atoms with van der Waals surface area (Å²) in [6.07, 6.45) is 30.8. The zero-order valence-electron chi connectivity index (χ0n) is 23.4. The van der Waals surface area contributed by atoms with Gasteiger partial charge in [0.25, 0.3) is 0 Å². The summed E-state index contributed by atoms with van der Waals surface area (Å²) < 4.78 is 0. The van der Waals surface area contributed by atoms with Crippen LogP contribution in [0.4, 0.5) is 0 Å². The lowest BCUT2D eigenvalue weighted by Crippen LogP contribution is -2.16. The minimum atomic E-state index is 1.23. The van der Waals surface area contributed by atoms with Gasteiger partial charge in [-0.05, 0) is 51.9 Å². The fraction of sp³-hybridized carbons (Fsp3) is 1.00. The average molecular weight is 455 g/mol. The number of hydrogen-bond donors (Lipinski definition) is 2. The van der Waals surface area contributed by atoms with Gasteiger partial charge in [-0.1, -0.05) is 143 Å². The molecule has 0 rings (SSSR count). The molecule has 196 valence electrons. The third kappa shape index (κ3) is 37.2. The van der Waals surface area contributed by atoms with Crippen molar-refractivity contribution in [2.75, 3.05) is 26.2 Å². The maximum Gasteiger partial charge on any atom is -0.00489 e. The fourth-order valence-electron chi connectivity index (χ4n) is 4.02. The molecule has 0 aromatic rings. The van der Waals surface area contributed by atoms with Crippen LogP contribution in [0.15, 0.2) is 0 Å². The Morgan fingerprint density at radius 1 is 0.250 bits per heavy atom. The molecular weight excluding hydrogens is 388 g/mol. The van der Waals surface area contributed by atoms with Gasteiger partial charge in [-0.15, -0.1) is 0 Å². The molecule has 0 radical (unpaired) electrons. The summed E-state index contributed by atoms with van der Waals surface area (Å²) in [5.74, 6) is 0. The van der Waals surface area contributed by atoms with Crippen LogP contribution in [-0.2, 0) is 0 Å². The van der Waals surface area contributed by atoms with E-state index in [9.17, 15) is 0 Å². The van der Waals surface area contributed by atoms with Crippen LogP contribution in [0.5, 0.6) is 0 Å². The van der Waals surface area contributed by atoms with E-state index in [1.54, 1.807) is 0 Å². The van der Waals surface area contributed by atoms with Crippen LogP contribution in [0, 0.1) is 0 Å². The number of rotatable bonds is 26. The molecule has 0 aliphatic heterocycles. The minimum Gasteiger partial charge on any atom is -0.317 e. The summed E-state index contributed by atoms with van der Waals surface area (Å²) in [5.41, 5.74) is 0. The van der Waals surface area contributed by atoms with Crippen molar-refractivity contribution in [3.8, 4) is 0 Å². The second kappa shape index (κ2) is 35.5. The molecule has 0 saturated carbocycles. The van der Waals surface area contributed by atoms with E-state index in [0.29, 0.717) is 0 Å². The Morgan fingerprint density at radius 2 is 0.438 bits per heavy atom. The molecule has 0 aliphatic rings. The highest BCUT2D eigenvalue weighted by Gasteiger charge is 1.93. The summed E-state index contributed by atoms with van der Waals surface area (Å²) in [5, 5.41) is 7.11. The second-order valence-corrected chi connectivity index (χ2v) is 9.86. The Morgan fingerprint density at radius 3 is 0.656 bits per heavy atom. The molecule has 0 aliphatic carbocycles. The van der Waals surface area contributed by atoms with Crippen molar-refractivity contribution in [1.29, 1.82) is 0 Å². The van der Waals surface area contributed by atoms with E-state index >= 15 is 0 Å². The summed E-state index contributed by atoms with van der Waals surface area (Å²) in [6, 6.07) is 0. The van der Waals surface area contributed by atoms with Crippen LogP contribution < -0.4 is 10.6 Å². The molecule has 0 aromatic carbocycles. The molecule has 0 bridgehead atoms. The van der Waals surface area contributed by atoms with E-state index in [4.69, 9.17) is 0 Å². The lowest BCUT2D eigenvalue weighted by Gasteiger charge is -2.04. The third-order valence-electron chi connectivity index (χ3n) is 6.33. The SMILES string of the molecule is CCCCCCCCNCCCCCCC.CCCCCCCCNCCCCCCC. The largest absolute Gasteiger partial charge is 0.317 e. The van der Waals surface area contributed by atoms with Crippen molar-refractivity contribution in [3.05, 3.63) is 0 Å². The van der Waals surface area contributed by atoms with Crippen molar-refractivity contribution in [3.63, 3.8) is 0 Å². The highest BCUT2D eigenvalue weighted by molar-refractivity contribution is 4.52. The van der Waals surface area contributed by atoms with Crippen LogP contribution in [-0.4, -0.2) is 26.2 Å². The highest BCUT2D eigenvalue weighted by Crippen LogP contribution is 2.05. The molecule has 0 unspecified atom stereocenters. The Balaban J connectivity index is 0. The van der Waals surface area contributed by atoms with Crippen molar-refractivity contribution in [1.82, 2.24) is 10.6 Å². The summed E-state index contributed by atoms with van der Waals surface area (Å²) in [4.78, 5) is 0. The molecule has 0 fully saturated rings. The molecule has 2 heteroatoms. The predicted molar refractivity (Wildman–Crippen MR) is 150 cm³/mol. The topological polar surface area (TPSA) is 24.1 Å². The highest BCUT2D eigenvalue weighted by atomic mass is 14.8. The van der Waals surface area contributed by atoms with Gasteiger partial charge in [0.2, 0.25) is 0 Å². The van der Waals surface area contributed by atoms with Gasteiger partial charge in [0, 0.05) is 0 Å². The molecule has 0 saturated heterocycles. The first kappa shape index (κ1) is 34.1. The molecular formula is C30H66N2. The van der Waals surface area contributed by atoms with Crippen molar-refractivity contribution >= 4 is 0 Å². The van der Waals surface area contributed by atoms with Gasteiger partial charge in [-0.2, -0.15) is 0 Å². The quantitative estimate of drug-likeness (QED) is 0.127. The normalized spacial score (nSPS) is 10.9. The Kier molecular flexibility index (Phi) is 37.8. The molecule has 0 spiro atoms. The lowest BCUT2D eigenvalue weighted by atomic mass is 10.1. The van der Waals surface area contributed by atoms with Crippen LogP contribution in [0.3, 0.4) is 0 Å². The molecule has 0 amide bonds. The van der Waals surface area contributed by atoms with E-state index in [0.717, 1.165) is 0 Å². The summed E-state index contributed by atoms with van der Waals surface area (Å²) in [7, 11) is 0. The van der Waals surface area contributed by atoms with E-state index in [1.165, 1.54) is 167 Å². The zero-order valence-corrected chi connectivity index (χ0v) is 23.4. The van der Waals surface area contributed by atoms with Gasteiger partial charge in [0.1, 0.15) is 0 Å². The van der Waals surface area contributed by atoms with Crippen molar-refractivity contribution < 1.29 is 0 Å². The van der Waals surface area contributed by atoms with E-state index in [-0.39, 0.29) is 0 Å². The van der Waals surface area contributed by atoms with Gasteiger partial charge in [-0.25, -0.2) is 0 Å². The Labute approximate surface area is 205 Å². The number of unbranched alkanes of at least 4 members (excludes halogenated alkanes) is 18. The number of nitrogens with one attached hydrogen (secondary N) is 2. The predicted octanol–water partition coefficient (Wildman–Crippen LogP) is 9.81. The minimum absolute atomic E-state index is 1.23. The smallest absolute Gasteiger partial charge is 0.00489 e. The van der Waals surface area contributed by atoms with Crippen LogP contribution in [0.2, 0.25) is 0 Å². The Bertz CT molecular complexity index is 224. The van der Waals surface area contributed by atoms with E-state index in [1.807, 2.05) is 0 Å². The fourth-order valence-corrected chi connectivity index (χ4v) is 4.02. The van der Waals surface area contributed by atoms with Crippen LogP contribution in [0.25, 0.3) is 0 Å². The molecule has 0 aromatic heterocycles. The molecule has 2 N–H and O–H groups in total. The first-order chi connectivity index (χ1) is 15.8. The van der Waals surface area contributed by atoms with Gasteiger partial charge in [0.05, 0.1) is 0 Å². The summed E-state index contributed by atoms with van der Waals surface area (Å²) in [6.45, 7) is 14.0. The van der Waals surface area contributed by atoms with Crippen LogP contribution in [0.1, 0.15) is 169 Å². The van der Waals surface area contributed by atoms with Crippen molar-refractivity contribution in [2.45, 2.75) is 169 Å². The zero-order chi connectivity index (χ0) is 23.8. The van der Waals surface area contributed by atoms with Gasteiger partial charge in [-0.3, -0.25) is 0 Å². The summed E-state index contributed by atoms with van der Waals surface area (Å²) >= 11 is 0. The molecule has 32 heavy (non-hydrogen) atoms. The second-order valence-electron chi connectivity index (χ2n) is 9.86. The van der Waals surface area contributed by atoms with Gasteiger partial charge >= 0.3 is 0 Å². The van der Waals surface area contributed by atoms with E-state index in [2.05, 4.69) is 38.3 Å². The molecule has 2 nitrogen and oxygen atoms in total. The standard InChI is InChI=1S/2C15H33N/c2*1-3-5-7-9-11-13-15-16-14-12-10-8-6-4-2/h2*16H,3-15H2,1-2H3. The maximum atomic E-state index is 3.55. The Hall–Kier alpha value is -0.0800.